The molecule has 0 aliphatic heterocycles. The summed E-state index contributed by atoms with van der Waals surface area (Å²) in [6.45, 7) is 0. The first-order valence-corrected chi connectivity index (χ1v) is 22.4. The lowest BCUT2D eigenvalue weighted by Gasteiger charge is -2.26. The number of hydrogen-bond acceptors (Lipinski definition) is 1. The molecule has 0 heterocycles. The van der Waals surface area contributed by atoms with Crippen molar-refractivity contribution in [1.82, 2.24) is 0 Å². The average molecular weight is 826 g/mol. The Labute approximate surface area is 379 Å². The van der Waals surface area contributed by atoms with Crippen molar-refractivity contribution in [1.29, 1.82) is 0 Å². The molecule has 0 saturated carbocycles. The predicted molar refractivity (Wildman–Crippen MR) is 278 cm³/mol. The molecule has 12 rings (SSSR count). The SMILES string of the molecule is c1cc(-c2ccc(N(c3ccc(-c4ccc(-c5ccc6ccccc6c5)cc4)cc3)c3ccc(-c4cccc5c4ccc4ccccc45)cc3)cc2)cc(-c2cccc3ccccc23)c1. The van der Waals surface area contributed by atoms with Crippen LogP contribution in [0.5, 0.6) is 0 Å². The molecule has 12 aromatic carbocycles. The molecule has 0 aliphatic carbocycles. The molecule has 0 aromatic heterocycles. The molecule has 304 valence electrons. The first kappa shape index (κ1) is 38.2. The number of fused-ring (bicyclic) bond motifs is 5. The van der Waals surface area contributed by atoms with Crippen LogP contribution in [0.3, 0.4) is 0 Å². The Morgan fingerprint density at radius 2 is 0.585 bits per heavy atom. The summed E-state index contributed by atoms with van der Waals surface area (Å²) >= 11 is 0. The number of hydrogen-bond donors (Lipinski definition) is 0. The van der Waals surface area contributed by atoms with E-state index in [0.29, 0.717) is 0 Å². The Morgan fingerprint density at radius 3 is 1.25 bits per heavy atom. The van der Waals surface area contributed by atoms with Crippen molar-refractivity contribution in [3.8, 4) is 55.6 Å². The normalized spacial score (nSPS) is 11.4. The van der Waals surface area contributed by atoms with Crippen molar-refractivity contribution in [2.45, 2.75) is 0 Å². The van der Waals surface area contributed by atoms with Gasteiger partial charge < -0.3 is 4.90 Å². The van der Waals surface area contributed by atoms with Gasteiger partial charge in [0.1, 0.15) is 0 Å². The summed E-state index contributed by atoms with van der Waals surface area (Å²) in [6.07, 6.45) is 0. The van der Waals surface area contributed by atoms with Crippen LogP contribution in [-0.4, -0.2) is 0 Å². The third-order valence-electron chi connectivity index (χ3n) is 13.1. The van der Waals surface area contributed by atoms with E-state index in [-0.39, 0.29) is 0 Å². The molecule has 0 unspecified atom stereocenters. The fourth-order valence-electron chi connectivity index (χ4n) is 9.70. The van der Waals surface area contributed by atoms with Gasteiger partial charge in [-0.2, -0.15) is 0 Å². The van der Waals surface area contributed by atoms with Crippen molar-refractivity contribution in [2.75, 3.05) is 4.90 Å². The zero-order chi connectivity index (χ0) is 43.1. The maximum absolute atomic E-state index is 2.36. The highest BCUT2D eigenvalue weighted by Gasteiger charge is 2.16. The Bertz CT molecular complexity index is 3670. The smallest absolute Gasteiger partial charge is 0.0462 e. The monoisotopic (exact) mass is 825 g/mol. The lowest BCUT2D eigenvalue weighted by Crippen LogP contribution is -2.09. The summed E-state index contributed by atoms with van der Waals surface area (Å²) in [4.78, 5) is 2.36. The number of nitrogens with zero attached hydrogens (tertiary/aromatic N) is 1. The van der Waals surface area contributed by atoms with Crippen LogP contribution in [0.25, 0.3) is 98.7 Å². The minimum absolute atomic E-state index is 1.09. The maximum atomic E-state index is 2.36. The van der Waals surface area contributed by atoms with Gasteiger partial charge in [-0.1, -0.05) is 212 Å². The van der Waals surface area contributed by atoms with Gasteiger partial charge in [0.25, 0.3) is 0 Å². The minimum Gasteiger partial charge on any atom is -0.311 e. The van der Waals surface area contributed by atoms with E-state index in [1.54, 1.807) is 0 Å². The molecule has 1 heteroatoms. The summed E-state index contributed by atoms with van der Waals surface area (Å²) in [5.41, 5.74) is 15.4. The lowest BCUT2D eigenvalue weighted by atomic mass is 9.94. The van der Waals surface area contributed by atoms with Crippen molar-refractivity contribution in [2.24, 2.45) is 0 Å². The van der Waals surface area contributed by atoms with Crippen LogP contribution in [-0.2, 0) is 0 Å². The van der Waals surface area contributed by atoms with Gasteiger partial charge in [-0.25, -0.2) is 0 Å². The summed E-state index contributed by atoms with van der Waals surface area (Å²) in [5, 5.41) is 10.1. The van der Waals surface area contributed by atoms with Crippen LogP contribution in [0, 0.1) is 0 Å². The van der Waals surface area contributed by atoms with Gasteiger partial charge in [0.15, 0.2) is 0 Å². The van der Waals surface area contributed by atoms with E-state index < -0.39 is 0 Å². The quantitative estimate of drug-likeness (QED) is 0.138. The zero-order valence-corrected chi connectivity index (χ0v) is 35.8. The Kier molecular flexibility index (Phi) is 9.58. The van der Waals surface area contributed by atoms with Gasteiger partial charge >= 0.3 is 0 Å². The Balaban J connectivity index is 0.890. The van der Waals surface area contributed by atoms with Gasteiger partial charge in [0.2, 0.25) is 0 Å². The molecule has 0 bridgehead atoms. The van der Waals surface area contributed by atoms with Crippen LogP contribution in [0.2, 0.25) is 0 Å². The third kappa shape index (κ3) is 7.20. The van der Waals surface area contributed by atoms with Crippen LogP contribution in [0.4, 0.5) is 17.1 Å². The van der Waals surface area contributed by atoms with Crippen molar-refractivity contribution < 1.29 is 0 Å². The summed E-state index contributed by atoms with van der Waals surface area (Å²) in [6, 6.07) is 95.2. The molecule has 1 nitrogen and oxygen atoms in total. The molecule has 0 spiro atoms. The zero-order valence-electron chi connectivity index (χ0n) is 35.8. The second-order valence-corrected chi connectivity index (χ2v) is 16.9. The van der Waals surface area contributed by atoms with Crippen LogP contribution >= 0.6 is 0 Å². The molecule has 0 amide bonds. The summed E-state index contributed by atoms with van der Waals surface area (Å²) in [5.74, 6) is 0. The van der Waals surface area contributed by atoms with Crippen LogP contribution in [0.1, 0.15) is 0 Å². The Morgan fingerprint density at radius 1 is 0.185 bits per heavy atom. The van der Waals surface area contributed by atoms with E-state index in [0.717, 1.165) is 17.1 Å². The molecular formula is C64H43N. The number of anilines is 3. The van der Waals surface area contributed by atoms with E-state index in [1.807, 2.05) is 0 Å². The molecule has 0 saturated heterocycles. The fraction of sp³-hybridized carbons (Fsp3) is 0. The second-order valence-electron chi connectivity index (χ2n) is 16.9. The average Bonchev–Trinajstić information content (AvgIpc) is 3.39. The first-order valence-electron chi connectivity index (χ1n) is 22.4. The van der Waals surface area contributed by atoms with Gasteiger partial charge in [0, 0.05) is 17.1 Å². The topological polar surface area (TPSA) is 3.24 Å². The highest BCUT2D eigenvalue weighted by molar-refractivity contribution is 6.12. The highest BCUT2D eigenvalue weighted by Crippen LogP contribution is 2.40. The van der Waals surface area contributed by atoms with E-state index in [2.05, 4.69) is 266 Å². The largest absolute Gasteiger partial charge is 0.311 e. The van der Waals surface area contributed by atoms with Gasteiger partial charge in [-0.3, -0.25) is 0 Å². The van der Waals surface area contributed by atoms with Gasteiger partial charge in [0.05, 0.1) is 0 Å². The number of benzene rings is 12. The molecule has 0 N–H and O–H groups in total. The molecule has 0 fully saturated rings. The maximum Gasteiger partial charge on any atom is 0.0462 e. The highest BCUT2D eigenvalue weighted by atomic mass is 15.1. The van der Waals surface area contributed by atoms with Crippen molar-refractivity contribution >= 4 is 60.2 Å². The van der Waals surface area contributed by atoms with E-state index in [4.69, 9.17) is 0 Å². The molecule has 0 aliphatic rings. The lowest BCUT2D eigenvalue weighted by molar-refractivity contribution is 1.28. The molecule has 0 radical (unpaired) electrons. The second kappa shape index (κ2) is 16.3. The molecule has 0 atom stereocenters. The standard InChI is InChI=1S/C64H43N/c1-2-13-52-42-54(27-26-44(52)10-1)47-24-22-45(23-25-47)46-28-35-56(36-29-46)65(58-39-32-51(33-40-58)61-20-9-21-63-60-18-6-4-12-50(60)34-41-64(61)63)57-37-30-48(31-38-57)53-15-7-16-55(43-53)62-19-8-14-49-11-3-5-17-59(49)62/h1-43H. The molecule has 65 heavy (non-hydrogen) atoms. The predicted octanol–water partition coefficient (Wildman–Crippen LogP) is 18.1. The van der Waals surface area contributed by atoms with E-state index in [9.17, 15) is 0 Å². The summed E-state index contributed by atoms with van der Waals surface area (Å²) < 4.78 is 0. The molecular weight excluding hydrogens is 783 g/mol. The van der Waals surface area contributed by atoms with E-state index >= 15 is 0 Å². The third-order valence-corrected chi connectivity index (χ3v) is 13.1. The minimum atomic E-state index is 1.09. The molecule has 12 aromatic rings. The Hall–Kier alpha value is -8.52. The summed E-state index contributed by atoms with van der Waals surface area (Å²) in [7, 11) is 0. The van der Waals surface area contributed by atoms with Crippen molar-refractivity contribution in [3.05, 3.63) is 261 Å². The van der Waals surface area contributed by atoms with Crippen LogP contribution in [0.15, 0.2) is 261 Å². The van der Waals surface area contributed by atoms with Crippen LogP contribution < -0.4 is 4.90 Å². The van der Waals surface area contributed by atoms with E-state index in [1.165, 1.54) is 98.7 Å². The number of rotatable bonds is 8. The van der Waals surface area contributed by atoms with Gasteiger partial charge in [-0.15, -0.1) is 0 Å². The fourth-order valence-corrected chi connectivity index (χ4v) is 9.70. The first-order chi connectivity index (χ1) is 32.2. The van der Waals surface area contributed by atoms with Gasteiger partial charge in [-0.05, 0) is 147 Å². The van der Waals surface area contributed by atoms with Crippen molar-refractivity contribution in [3.63, 3.8) is 0 Å².